The quantitative estimate of drug-likeness (QED) is 0.191. The summed E-state index contributed by atoms with van der Waals surface area (Å²) in [5.74, 6) is 0.121. The molecule has 1 aromatic heterocycles. The summed E-state index contributed by atoms with van der Waals surface area (Å²) < 4.78 is 101. The van der Waals surface area contributed by atoms with Crippen molar-refractivity contribution >= 4 is 30.7 Å². The monoisotopic (exact) mass is 476 g/mol. The smallest absolute Gasteiger partial charge is 0.600 e. The lowest BCUT2D eigenvalue weighted by molar-refractivity contribution is -0.0868. The second-order valence-corrected chi connectivity index (χ2v) is 11.5. The molecule has 3 nitrogen and oxygen atoms in total. The first-order valence-electron chi connectivity index (χ1n) is 9.12. The van der Waals surface area contributed by atoms with E-state index in [4.69, 9.17) is 13.0 Å². The molecular formula is C19H22F6O3S2. The predicted octanol–water partition coefficient (Wildman–Crippen LogP) is 7.07. The summed E-state index contributed by atoms with van der Waals surface area (Å²) in [6.07, 6.45) is 3.93. The van der Waals surface area contributed by atoms with Gasteiger partial charge in [0.1, 0.15) is 0 Å². The van der Waals surface area contributed by atoms with Crippen LogP contribution in [0.5, 0.6) is 0 Å². The number of thiophene rings is 1. The third-order valence-electron chi connectivity index (χ3n) is 4.91. The molecule has 0 N–H and O–H groups in total. The van der Waals surface area contributed by atoms with E-state index in [0.717, 1.165) is 36.6 Å². The Morgan fingerprint density at radius 3 is 1.87 bits per heavy atom. The van der Waals surface area contributed by atoms with Crippen LogP contribution in [0, 0.1) is 0 Å². The zero-order valence-electron chi connectivity index (χ0n) is 16.5. The van der Waals surface area contributed by atoms with E-state index < -0.39 is 31.6 Å². The van der Waals surface area contributed by atoms with Crippen LogP contribution in [0.4, 0.5) is 26.3 Å². The number of hydrogen-bond donors (Lipinski definition) is 0. The van der Waals surface area contributed by atoms with Crippen molar-refractivity contribution in [2.24, 2.45) is 0 Å². The Labute approximate surface area is 173 Å². The molecule has 1 aromatic carbocycles. The van der Waals surface area contributed by atoms with Gasteiger partial charge < -0.3 is 4.55 Å². The van der Waals surface area contributed by atoms with Crippen LogP contribution in [0.2, 0.25) is 0 Å². The molecule has 1 aliphatic rings. The molecule has 0 spiro atoms. The highest BCUT2D eigenvalue weighted by Crippen LogP contribution is 2.55. The highest BCUT2D eigenvalue weighted by atomic mass is 32.2. The second-order valence-electron chi connectivity index (χ2n) is 8.18. The number of halogens is 6. The lowest BCUT2D eigenvalue weighted by atomic mass is 9.87. The highest BCUT2D eigenvalue weighted by Gasteiger charge is 2.49. The Hall–Kier alpha value is -1.33. The minimum atomic E-state index is -6.09. The van der Waals surface area contributed by atoms with E-state index >= 15 is 0 Å². The fourth-order valence-electron chi connectivity index (χ4n) is 3.39. The summed E-state index contributed by atoms with van der Waals surface area (Å²) in [4.78, 5) is 0.631. The zero-order valence-corrected chi connectivity index (χ0v) is 18.2. The van der Waals surface area contributed by atoms with Crippen LogP contribution < -0.4 is 0 Å². The van der Waals surface area contributed by atoms with Gasteiger partial charge in [0, 0.05) is 23.4 Å². The van der Waals surface area contributed by atoms with Gasteiger partial charge in [-0.25, -0.2) is 8.42 Å². The lowest BCUT2D eigenvalue weighted by Gasteiger charge is -2.18. The first kappa shape index (κ1) is 24.9. The standard InChI is InChI=1S/C18H22F3S.CHF3O3S/c1-17(2,3)14-9-8-13-10-15(12-6-4-5-7-12)22(16(13)11-14)18(19,20)21;2-1(3,4)8(5,6)7/h8-12H,4-7H2,1-3H3;(H,5,6,7)/q+1;/p-1. The maximum Gasteiger partial charge on any atom is 0.600 e. The largest absolute Gasteiger partial charge is 0.741 e. The average molecular weight is 477 g/mol. The van der Waals surface area contributed by atoms with Crippen molar-refractivity contribution in [2.75, 3.05) is 0 Å². The molecule has 1 atom stereocenters. The van der Waals surface area contributed by atoms with E-state index in [0.29, 0.717) is 9.58 Å². The topological polar surface area (TPSA) is 57.2 Å². The number of alkyl halides is 6. The van der Waals surface area contributed by atoms with Gasteiger partial charge in [0.15, 0.2) is 19.7 Å². The molecule has 0 saturated heterocycles. The summed E-state index contributed by atoms with van der Waals surface area (Å²) >= 11 is 0. The van der Waals surface area contributed by atoms with E-state index in [2.05, 4.69) is 0 Å². The molecule has 2 aromatic rings. The van der Waals surface area contributed by atoms with E-state index in [1.165, 1.54) is 0 Å². The molecule has 30 heavy (non-hydrogen) atoms. The molecule has 0 bridgehead atoms. The first-order valence-corrected chi connectivity index (χ1v) is 11.8. The summed E-state index contributed by atoms with van der Waals surface area (Å²) in [6.45, 7) is 6.13. The Bertz CT molecular complexity index is 992. The van der Waals surface area contributed by atoms with Crippen molar-refractivity contribution in [3.05, 3.63) is 34.7 Å². The van der Waals surface area contributed by atoms with Crippen molar-refractivity contribution in [3.8, 4) is 0 Å². The van der Waals surface area contributed by atoms with Gasteiger partial charge in [-0.05, 0) is 29.9 Å². The molecule has 11 heteroatoms. The number of fused-ring (bicyclic) bond motifs is 1. The molecular weight excluding hydrogens is 454 g/mol. The zero-order chi connectivity index (χ0) is 23.1. The molecule has 3 rings (SSSR count). The van der Waals surface area contributed by atoms with Gasteiger partial charge in [-0.1, -0.05) is 39.7 Å². The predicted molar refractivity (Wildman–Crippen MR) is 103 cm³/mol. The molecule has 1 saturated carbocycles. The normalized spacial score (nSPS) is 17.2. The number of rotatable bonds is 1. The maximum atomic E-state index is 13.7. The number of benzene rings is 1. The Morgan fingerprint density at radius 1 is 0.967 bits per heavy atom. The highest BCUT2D eigenvalue weighted by molar-refractivity contribution is 7.86. The van der Waals surface area contributed by atoms with Crippen LogP contribution in [0.15, 0.2) is 24.3 Å². The molecule has 1 aliphatic carbocycles. The Balaban J connectivity index is 0.000000343. The SMILES string of the molecule is CC(C)(C)c1ccc2cc(C3CCCC3)[s+](C(F)(F)F)c2c1.O=S(=O)([O-])C(F)(F)F. The fourth-order valence-corrected chi connectivity index (χ4v) is 5.58. The van der Waals surface area contributed by atoms with E-state index in [9.17, 15) is 26.3 Å². The van der Waals surface area contributed by atoms with Crippen LogP contribution in [0.25, 0.3) is 10.1 Å². The maximum absolute atomic E-state index is 13.7. The van der Waals surface area contributed by atoms with Crippen LogP contribution in [-0.2, 0) is 21.0 Å². The first-order chi connectivity index (χ1) is 13.4. The van der Waals surface area contributed by atoms with Crippen LogP contribution in [0.3, 0.4) is 0 Å². The molecule has 170 valence electrons. The number of hydrogen-bond acceptors (Lipinski definition) is 3. The van der Waals surface area contributed by atoms with Gasteiger partial charge >= 0.3 is 11.0 Å². The average Bonchev–Trinajstić information content (AvgIpc) is 3.18. The van der Waals surface area contributed by atoms with Crippen molar-refractivity contribution < 1.29 is 39.3 Å². The molecule has 1 fully saturated rings. The minimum Gasteiger partial charge on any atom is -0.741 e. The van der Waals surface area contributed by atoms with E-state index in [1.54, 1.807) is 6.07 Å². The van der Waals surface area contributed by atoms with E-state index in [-0.39, 0.29) is 11.3 Å². The van der Waals surface area contributed by atoms with Crippen LogP contribution >= 0.6 is 10.5 Å². The molecule has 0 radical (unpaired) electrons. The second kappa shape index (κ2) is 8.31. The molecule has 0 amide bonds. The van der Waals surface area contributed by atoms with Crippen molar-refractivity contribution in [3.63, 3.8) is 0 Å². The van der Waals surface area contributed by atoms with Crippen molar-refractivity contribution in [2.45, 2.75) is 68.8 Å². The summed E-state index contributed by atoms with van der Waals surface area (Å²) in [7, 11) is -7.82. The van der Waals surface area contributed by atoms with Gasteiger partial charge in [0.25, 0.3) is 0 Å². The molecule has 1 unspecified atom stereocenters. The molecule has 0 aliphatic heterocycles. The fraction of sp³-hybridized carbons (Fsp3) is 0.579. The van der Waals surface area contributed by atoms with Crippen molar-refractivity contribution in [1.82, 2.24) is 0 Å². The van der Waals surface area contributed by atoms with Gasteiger partial charge in [-0.3, -0.25) is 0 Å². The van der Waals surface area contributed by atoms with Gasteiger partial charge in [-0.15, -0.1) is 13.2 Å². The van der Waals surface area contributed by atoms with Gasteiger partial charge in [-0.2, -0.15) is 13.2 Å². The molecule has 1 heterocycles. The third-order valence-corrected chi connectivity index (χ3v) is 7.65. The van der Waals surface area contributed by atoms with Crippen LogP contribution in [0.1, 0.15) is 62.8 Å². The van der Waals surface area contributed by atoms with Gasteiger partial charge in [0.05, 0.1) is 10.5 Å². The van der Waals surface area contributed by atoms with Crippen molar-refractivity contribution in [1.29, 1.82) is 0 Å². The van der Waals surface area contributed by atoms with Gasteiger partial charge in [0.2, 0.25) is 0 Å². The summed E-state index contributed by atoms with van der Waals surface area (Å²) in [6, 6.07) is 7.48. The van der Waals surface area contributed by atoms with E-state index in [1.807, 2.05) is 39.0 Å². The summed E-state index contributed by atoms with van der Waals surface area (Å²) in [5, 5.41) is 0.774. The third kappa shape index (κ3) is 5.67. The summed E-state index contributed by atoms with van der Waals surface area (Å²) in [5.41, 5.74) is -8.97. The Kier molecular flexibility index (Phi) is 6.91. The Morgan fingerprint density at radius 2 is 1.47 bits per heavy atom. The lowest BCUT2D eigenvalue weighted by Crippen LogP contribution is -2.21. The van der Waals surface area contributed by atoms with Crippen LogP contribution in [-0.4, -0.2) is 18.5 Å². The minimum absolute atomic E-state index is 0.121.